The highest BCUT2D eigenvalue weighted by molar-refractivity contribution is 7.98. The number of hydrogen-bond donors (Lipinski definition) is 2. The molecule has 0 aliphatic carbocycles. The van der Waals surface area contributed by atoms with E-state index in [1.54, 1.807) is 11.8 Å². The number of amides is 1. The predicted octanol–water partition coefficient (Wildman–Crippen LogP) is 0.538. The van der Waals surface area contributed by atoms with Crippen molar-refractivity contribution < 1.29 is 14.3 Å². The normalized spacial score (nSPS) is 24.6. The van der Waals surface area contributed by atoms with E-state index in [1.807, 2.05) is 27.0 Å². The Morgan fingerprint density at radius 3 is 2.78 bits per heavy atom. The van der Waals surface area contributed by atoms with Gasteiger partial charge in [-0.15, -0.1) is 0 Å². The largest absolute Gasteiger partial charge is 0.462 e. The van der Waals surface area contributed by atoms with Crippen molar-refractivity contribution in [2.24, 2.45) is 0 Å². The summed E-state index contributed by atoms with van der Waals surface area (Å²) >= 11 is 1.67. The average Bonchev–Trinajstić information content (AvgIpc) is 2.25. The quantitative estimate of drug-likeness (QED) is 0.732. The molecular formula is C12H22N2O3S. The molecule has 1 rings (SSSR count). The molecule has 0 saturated carbocycles. The molecule has 0 aromatic rings. The summed E-state index contributed by atoms with van der Waals surface area (Å²) in [4.78, 5) is 23.5. The summed E-state index contributed by atoms with van der Waals surface area (Å²) in [5, 5.41) is 5.94. The van der Waals surface area contributed by atoms with Crippen LogP contribution in [0.4, 0.5) is 0 Å². The highest BCUT2D eigenvalue weighted by Gasteiger charge is 2.34. The van der Waals surface area contributed by atoms with E-state index in [4.69, 9.17) is 4.74 Å². The van der Waals surface area contributed by atoms with E-state index in [9.17, 15) is 9.59 Å². The minimum Gasteiger partial charge on any atom is -0.462 e. The summed E-state index contributed by atoms with van der Waals surface area (Å²) in [6, 6.07) is -0.823. The topological polar surface area (TPSA) is 67.4 Å². The molecule has 5 nitrogen and oxygen atoms in total. The average molecular weight is 274 g/mol. The van der Waals surface area contributed by atoms with Crippen molar-refractivity contribution in [3.05, 3.63) is 0 Å². The van der Waals surface area contributed by atoms with Crippen molar-refractivity contribution in [2.45, 2.75) is 44.8 Å². The van der Waals surface area contributed by atoms with Gasteiger partial charge in [-0.1, -0.05) is 0 Å². The van der Waals surface area contributed by atoms with Gasteiger partial charge in [0.15, 0.2) is 0 Å². The van der Waals surface area contributed by atoms with Gasteiger partial charge in [0.25, 0.3) is 0 Å². The van der Waals surface area contributed by atoms with E-state index in [1.165, 1.54) is 0 Å². The monoisotopic (exact) mass is 274 g/mol. The first-order valence-corrected chi connectivity index (χ1v) is 7.46. The number of ether oxygens (including phenoxy) is 1. The van der Waals surface area contributed by atoms with Crippen LogP contribution in [0.3, 0.4) is 0 Å². The molecule has 1 heterocycles. The molecule has 1 amide bonds. The molecule has 0 spiro atoms. The number of cyclic esters (lactones) is 1. The Balaban J connectivity index is 2.53. The lowest BCUT2D eigenvalue weighted by Crippen LogP contribution is -2.60. The summed E-state index contributed by atoms with van der Waals surface area (Å²) in [7, 11) is 0. The number of thioether (sulfide) groups is 1. The van der Waals surface area contributed by atoms with Crippen molar-refractivity contribution in [3.63, 3.8) is 0 Å². The summed E-state index contributed by atoms with van der Waals surface area (Å²) in [6.07, 6.45) is 2.66. The van der Waals surface area contributed by atoms with Crippen molar-refractivity contribution in [2.75, 3.05) is 18.6 Å². The molecule has 0 aromatic carbocycles. The van der Waals surface area contributed by atoms with Gasteiger partial charge in [0, 0.05) is 5.54 Å². The lowest BCUT2D eigenvalue weighted by atomic mass is 10.1. The van der Waals surface area contributed by atoms with Gasteiger partial charge in [-0.2, -0.15) is 11.8 Å². The summed E-state index contributed by atoms with van der Waals surface area (Å²) in [6.45, 7) is 5.87. The van der Waals surface area contributed by atoms with Crippen LogP contribution in [0.5, 0.6) is 0 Å². The van der Waals surface area contributed by atoms with Gasteiger partial charge in [0.05, 0.1) is 0 Å². The van der Waals surface area contributed by atoms with Gasteiger partial charge in [0.2, 0.25) is 5.91 Å². The van der Waals surface area contributed by atoms with Crippen LogP contribution in [0.25, 0.3) is 0 Å². The molecule has 1 unspecified atom stereocenters. The Morgan fingerprint density at radius 1 is 1.56 bits per heavy atom. The van der Waals surface area contributed by atoms with Gasteiger partial charge in [0.1, 0.15) is 18.7 Å². The van der Waals surface area contributed by atoms with Gasteiger partial charge in [-0.05, 0) is 39.2 Å². The number of hydrogen-bond acceptors (Lipinski definition) is 5. The maximum Gasteiger partial charge on any atom is 0.323 e. The van der Waals surface area contributed by atoms with Crippen molar-refractivity contribution in [1.29, 1.82) is 0 Å². The first-order valence-electron chi connectivity index (χ1n) is 6.07. The van der Waals surface area contributed by atoms with Crippen molar-refractivity contribution in [3.8, 4) is 0 Å². The van der Waals surface area contributed by atoms with Crippen molar-refractivity contribution >= 4 is 23.6 Å². The third kappa shape index (κ3) is 4.86. The molecule has 2 N–H and O–H groups in total. The highest BCUT2D eigenvalue weighted by atomic mass is 32.2. The number of carbonyl (C=O) groups excluding carboxylic acids is 2. The first-order chi connectivity index (χ1) is 8.33. The van der Waals surface area contributed by atoms with Gasteiger partial charge in [-0.25, -0.2) is 0 Å². The Kier molecular flexibility index (Phi) is 5.47. The van der Waals surface area contributed by atoms with E-state index < -0.39 is 6.04 Å². The fourth-order valence-electron chi connectivity index (χ4n) is 1.67. The molecule has 0 aromatic heterocycles. The lowest BCUT2D eigenvalue weighted by molar-refractivity contribution is -0.153. The minimum atomic E-state index is -0.450. The number of morpholine rings is 1. The van der Waals surface area contributed by atoms with E-state index >= 15 is 0 Å². The molecule has 18 heavy (non-hydrogen) atoms. The zero-order valence-electron chi connectivity index (χ0n) is 11.4. The van der Waals surface area contributed by atoms with Crippen LogP contribution in [-0.2, 0) is 14.3 Å². The molecule has 0 radical (unpaired) electrons. The number of carbonyl (C=O) groups is 2. The fourth-order valence-corrected chi connectivity index (χ4v) is 2.14. The molecule has 2 atom stereocenters. The Labute approximate surface area is 112 Å². The minimum absolute atomic E-state index is 0.108. The highest BCUT2D eigenvalue weighted by Crippen LogP contribution is 2.09. The Bertz CT molecular complexity index is 315. The molecule has 104 valence electrons. The maximum atomic E-state index is 12.0. The number of esters is 1. The van der Waals surface area contributed by atoms with Crippen LogP contribution in [-0.4, -0.2) is 48.1 Å². The van der Waals surface area contributed by atoms with Gasteiger partial charge in [-0.3, -0.25) is 14.9 Å². The van der Waals surface area contributed by atoms with E-state index in [2.05, 4.69) is 10.6 Å². The van der Waals surface area contributed by atoms with Crippen molar-refractivity contribution in [1.82, 2.24) is 10.6 Å². The van der Waals surface area contributed by atoms with Crippen LogP contribution in [0.15, 0.2) is 0 Å². The van der Waals surface area contributed by atoms with Crippen LogP contribution in [0.2, 0.25) is 0 Å². The third-order valence-corrected chi connectivity index (χ3v) is 3.15. The molecule has 1 saturated heterocycles. The standard InChI is InChI=1S/C12H22N2O3S/c1-12(2,3)14-10(15)9-7-17-11(16)8(13-9)5-6-18-4/h8-9,13H,5-7H2,1-4H3,(H,14,15)/t8-,9?/m1/s1. The third-order valence-electron chi connectivity index (χ3n) is 2.50. The smallest absolute Gasteiger partial charge is 0.323 e. The van der Waals surface area contributed by atoms with Gasteiger partial charge < -0.3 is 10.1 Å². The maximum absolute atomic E-state index is 12.0. The van der Waals surface area contributed by atoms with Crippen LogP contribution in [0.1, 0.15) is 27.2 Å². The number of nitrogens with one attached hydrogen (secondary N) is 2. The van der Waals surface area contributed by atoms with Crippen LogP contribution >= 0.6 is 11.8 Å². The molecule has 6 heteroatoms. The predicted molar refractivity (Wildman–Crippen MR) is 72.6 cm³/mol. The molecule has 0 bridgehead atoms. The van der Waals surface area contributed by atoms with Crippen LogP contribution < -0.4 is 10.6 Å². The zero-order chi connectivity index (χ0) is 13.8. The Morgan fingerprint density at radius 2 is 2.22 bits per heavy atom. The van der Waals surface area contributed by atoms with E-state index in [-0.39, 0.29) is 30.1 Å². The van der Waals surface area contributed by atoms with Gasteiger partial charge >= 0.3 is 5.97 Å². The van der Waals surface area contributed by atoms with Crippen LogP contribution in [0, 0.1) is 0 Å². The first kappa shape index (κ1) is 15.3. The fraction of sp³-hybridized carbons (Fsp3) is 0.833. The molecule has 1 aliphatic rings. The summed E-state index contributed by atoms with van der Waals surface area (Å²) in [5.74, 6) is 0.480. The SMILES string of the molecule is CSCC[C@H]1NC(C(=O)NC(C)(C)C)COC1=O. The second-order valence-corrected chi connectivity index (χ2v) is 6.41. The summed E-state index contributed by atoms with van der Waals surface area (Å²) < 4.78 is 5.06. The molecular weight excluding hydrogens is 252 g/mol. The summed E-state index contributed by atoms with van der Waals surface area (Å²) in [5.41, 5.74) is -0.283. The molecule has 1 fully saturated rings. The number of rotatable bonds is 4. The van der Waals surface area contributed by atoms with E-state index in [0.29, 0.717) is 6.42 Å². The zero-order valence-corrected chi connectivity index (χ0v) is 12.2. The second-order valence-electron chi connectivity index (χ2n) is 5.42. The molecule has 1 aliphatic heterocycles. The van der Waals surface area contributed by atoms with E-state index in [0.717, 1.165) is 5.75 Å². The lowest BCUT2D eigenvalue weighted by Gasteiger charge is -2.31. The second kappa shape index (κ2) is 6.43. The Hall–Kier alpha value is -0.750.